The molecule has 0 atom stereocenters. The second-order valence-corrected chi connectivity index (χ2v) is 7.36. The van der Waals surface area contributed by atoms with Crippen LogP contribution in [-0.2, 0) is 14.8 Å². The molecule has 1 rings (SSSR count). The molecule has 22 heavy (non-hydrogen) atoms. The molecule has 0 aliphatic rings. The summed E-state index contributed by atoms with van der Waals surface area (Å²) in [5, 5.41) is 1.63. The number of sulfonamides is 1. The first-order valence-corrected chi connectivity index (χ1v) is 9.03. The number of rotatable bonds is 7. The molecule has 0 aliphatic heterocycles. The summed E-state index contributed by atoms with van der Waals surface area (Å²) in [6.07, 6.45) is 1.13. The molecule has 0 aromatic carbocycles. The Hall–Kier alpha value is -0.670. The second kappa shape index (κ2) is 8.26. The van der Waals surface area contributed by atoms with Crippen molar-refractivity contribution in [3.8, 4) is 0 Å². The van der Waals surface area contributed by atoms with Gasteiger partial charge in [-0.05, 0) is 30.7 Å². The number of halogens is 1. The maximum absolute atomic E-state index is 12.7. The molecule has 0 radical (unpaired) electrons. The van der Waals surface area contributed by atoms with Crippen molar-refractivity contribution in [2.24, 2.45) is 5.73 Å². The lowest BCUT2D eigenvalue weighted by atomic mass is 9.95. The maximum atomic E-state index is 12.7. The monoisotopic (exact) mass is 370 g/mol. The van der Waals surface area contributed by atoms with E-state index in [1.807, 2.05) is 13.8 Å². The number of methoxy groups -OCH3 is 1. The summed E-state index contributed by atoms with van der Waals surface area (Å²) in [7, 11) is -2.62. The van der Waals surface area contributed by atoms with E-state index in [0.29, 0.717) is 18.4 Å². The van der Waals surface area contributed by atoms with Crippen molar-refractivity contribution in [1.29, 1.82) is 0 Å². The first-order valence-electron chi connectivity index (χ1n) is 6.67. The summed E-state index contributed by atoms with van der Waals surface area (Å²) in [6.45, 7) is 5.59. The van der Waals surface area contributed by atoms with E-state index in [0.717, 1.165) is 11.3 Å². The van der Waals surface area contributed by atoms with E-state index < -0.39 is 21.5 Å². The maximum Gasteiger partial charge on any atom is 0.349 e. The highest BCUT2D eigenvalue weighted by molar-refractivity contribution is 7.89. The van der Waals surface area contributed by atoms with Crippen LogP contribution in [0.15, 0.2) is 10.3 Å². The number of esters is 1. The van der Waals surface area contributed by atoms with Gasteiger partial charge in [-0.15, -0.1) is 23.7 Å². The van der Waals surface area contributed by atoms with E-state index in [1.54, 1.807) is 12.3 Å². The van der Waals surface area contributed by atoms with Crippen LogP contribution in [0, 0.1) is 6.92 Å². The predicted octanol–water partition coefficient (Wildman–Crippen LogP) is 2.06. The fraction of sp³-hybridized carbons (Fsp3) is 0.615. The standard InChI is InChI=1S/C13H22N2O4S2.ClH/c1-5-13(6-2,8-14)15-21(17,18)11-9(3)7-20-10(11)12(16)19-4;/h7,15H,5-6,8,14H2,1-4H3;1H. The Morgan fingerprint density at radius 3 is 2.36 bits per heavy atom. The third-order valence-electron chi connectivity index (χ3n) is 3.65. The number of carbonyl (C=O) groups is 1. The summed E-state index contributed by atoms with van der Waals surface area (Å²) in [5.41, 5.74) is 5.55. The van der Waals surface area contributed by atoms with E-state index in [4.69, 9.17) is 5.73 Å². The van der Waals surface area contributed by atoms with Crippen molar-refractivity contribution in [2.45, 2.75) is 44.0 Å². The van der Waals surface area contributed by atoms with Crippen molar-refractivity contribution >= 4 is 39.7 Å². The van der Waals surface area contributed by atoms with E-state index in [2.05, 4.69) is 9.46 Å². The number of aryl methyl sites for hydroxylation is 1. The molecule has 1 heterocycles. The minimum atomic E-state index is -3.85. The van der Waals surface area contributed by atoms with Gasteiger partial charge in [0.15, 0.2) is 0 Å². The Morgan fingerprint density at radius 1 is 1.41 bits per heavy atom. The van der Waals surface area contributed by atoms with Crippen LogP contribution in [0.2, 0.25) is 0 Å². The molecule has 1 aromatic heterocycles. The van der Waals surface area contributed by atoms with Gasteiger partial charge in [0.25, 0.3) is 0 Å². The lowest BCUT2D eigenvalue weighted by Gasteiger charge is -2.31. The van der Waals surface area contributed by atoms with Crippen LogP contribution >= 0.6 is 23.7 Å². The molecule has 0 saturated heterocycles. The van der Waals surface area contributed by atoms with Crippen molar-refractivity contribution in [3.05, 3.63) is 15.8 Å². The van der Waals surface area contributed by atoms with Gasteiger partial charge in [-0.2, -0.15) is 0 Å². The van der Waals surface area contributed by atoms with Gasteiger partial charge in [0, 0.05) is 12.1 Å². The summed E-state index contributed by atoms with van der Waals surface area (Å²) in [6, 6.07) is 0. The zero-order valence-electron chi connectivity index (χ0n) is 13.1. The van der Waals surface area contributed by atoms with Crippen LogP contribution in [0.25, 0.3) is 0 Å². The average Bonchev–Trinajstić information content (AvgIpc) is 2.86. The van der Waals surface area contributed by atoms with Crippen molar-refractivity contribution in [2.75, 3.05) is 13.7 Å². The van der Waals surface area contributed by atoms with Crippen molar-refractivity contribution in [3.63, 3.8) is 0 Å². The van der Waals surface area contributed by atoms with Crippen LogP contribution in [0.5, 0.6) is 0 Å². The molecular formula is C13H23ClN2O4S2. The summed E-state index contributed by atoms with van der Waals surface area (Å²) in [5.74, 6) is -0.653. The molecule has 0 saturated carbocycles. The Balaban J connectivity index is 0.00000441. The zero-order valence-corrected chi connectivity index (χ0v) is 15.6. The van der Waals surface area contributed by atoms with Crippen LogP contribution in [0.1, 0.15) is 41.9 Å². The Morgan fingerprint density at radius 2 is 1.95 bits per heavy atom. The minimum absolute atomic E-state index is 0. The first kappa shape index (κ1) is 21.3. The van der Waals surface area contributed by atoms with Gasteiger partial charge in [0.05, 0.1) is 7.11 Å². The van der Waals surface area contributed by atoms with Gasteiger partial charge in [-0.25, -0.2) is 17.9 Å². The Labute approximate surface area is 141 Å². The van der Waals surface area contributed by atoms with Gasteiger partial charge in [0.1, 0.15) is 9.77 Å². The molecule has 3 N–H and O–H groups in total. The number of nitrogens with two attached hydrogens (primary N) is 1. The number of ether oxygens (including phenoxy) is 1. The molecule has 0 spiro atoms. The van der Waals surface area contributed by atoms with Crippen LogP contribution in [-0.4, -0.2) is 33.6 Å². The van der Waals surface area contributed by atoms with Gasteiger partial charge >= 0.3 is 5.97 Å². The van der Waals surface area contributed by atoms with E-state index in [-0.39, 0.29) is 28.7 Å². The normalized spacial score (nSPS) is 11.9. The highest BCUT2D eigenvalue weighted by Gasteiger charge is 2.35. The number of hydrogen-bond donors (Lipinski definition) is 2. The van der Waals surface area contributed by atoms with Gasteiger partial charge < -0.3 is 10.5 Å². The fourth-order valence-electron chi connectivity index (χ4n) is 2.06. The van der Waals surface area contributed by atoms with Crippen molar-refractivity contribution < 1.29 is 17.9 Å². The summed E-state index contributed by atoms with van der Waals surface area (Å²) >= 11 is 1.06. The number of carbonyl (C=O) groups excluding carboxylic acids is 1. The molecular weight excluding hydrogens is 348 g/mol. The van der Waals surface area contributed by atoms with Gasteiger partial charge in [-0.3, -0.25) is 0 Å². The largest absolute Gasteiger partial charge is 0.465 e. The molecule has 0 aliphatic carbocycles. The van der Waals surface area contributed by atoms with Crippen LogP contribution < -0.4 is 10.5 Å². The third kappa shape index (κ3) is 4.20. The zero-order chi connectivity index (χ0) is 16.3. The number of hydrogen-bond acceptors (Lipinski definition) is 6. The van der Waals surface area contributed by atoms with Crippen LogP contribution in [0.4, 0.5) is 0 Å². The average molecular weight is 371 g/mol. The molecule has 128 valence electrons. The highest BCUT2D eigenvalue weighted by Crippen LogP contribution is 2.29. The summed E-state index contributed by atoms with van der Waals surface area (Å²) < 4.78 is 32.7. The van der Waals surface area contributed by atoms with E-state index in [9.17, 15) is 13.2 Å². The van der Waals surface area contributed by atoms with E-state index in [1.165, 1.54) is 7.11 Å². The highest BCUT2D eigenvalue weighted by atomic mass is 35.5. The molecule has 0 amide bonds. The van der Waals surface area contributed by atoms with E-state index >= 15 is 0 Å². The van der Waals surface area contributed by atoms with Gasteiger partial charge in [0.2, 0.25) is 10.0 Å². The minimum Gasteiger partial charge on any atom is -0.465 e. The first-order chi connectivity index (χ1) is 9.76. The lowest BCUT2D eigenvalue weighted by molar-refractivity contribution is 0.0602. The number of nitrogens with one attached hydrogen (secondary N) is 1. The second-order valence-electron chi connectivity index (χ2n) is 4.87. The molecule has 1 aromatic rings. The molecule has 0 fully saturated rings. The Kier molecular flexibility index (Phi) is 8.01. The molecule has 0 bridgehead atoms. The van der Waals surface area contributed by atoms with Crippen LogP contribution in [0.3, 0.4) is 0 Å². The molecule has 9 heteroatoms. The smallest absolute Gasteiger partial charge is 0.349 e. The fourth-order valence-corrected chi connectivity index (χ4v) is 5.32. The Bertz CT molecular complexity index is 601. The topological polar surface area (TPSA) is 98.5 Å². The molecule has 0 unspecified atom stereocenters. The quantitative estimate of drug-likeness (QED) is 0.716. The predicted molar refractivity (Wildman–Crippen MR) is 90.3 cm³/mol. The lowest BCUT2D eigenvalue weighted by Crippen LogP contribution is -2.52. The van der Waals surface area contributed by atoms with Gasteiger partial charge in [-0.1, -0.05) is 13.8 Å². The molecule has 6 nitrogen and oxygen atoms in total. The number of thiophene rings is 1. The van der Waals surface area contributed by atoms with Crippen molar-refractivity contribution in [1.82, 2.24) is 4.72 Å². The SMILES string of the molecule is CCC(CC)(CN)NS(=O)(=O)c1c(C)csc1C(=O)OC.Cl. The third-order valence-corrected chi connectivity index (χ3v) is 6.63. The summed E-state index contributed by atoms with van der Waals surface area (Å²) in [4.78, 5) is 11.8.